The molecule has 2 aliphatic rings. The van der Waals surface area contributed by atoms with Gasteiger partial charge in [0.05, 0.1) is 27.3 Å². The molecule has 4 nitrogen and oxygen atoms in total. The van der Waals surface area contributed by atoms with Crippen LogP contribution in [-0.2, 0) is 9.59 Å². The van der Waals surface area contributed by atoms with Crippen LogP contribution in [0.1, 0.15) is 11.5 Å². The van der Waals surface area contributed by atoms with E-state index in [1.807, 2.05) is 0 Å². The molecule has 26 heavy (non-hydrogen) atoms. The topological polar surface area (TPSA) is 66.4 Å². The van der Waals surface area contributed by atoms with Crippen LogP contribution >= 0.6 is 58.0 Å². The average molecular weight is 456 g/mol. The minimum Gasteiger partial charge on any atom is -0.481 e. The number of alkyl halides is 3. The minimum absolute atomic E-state index is 0.336. The highest BCUT2D eigenvalue weighted by Gasteiger charge is 2.67. The maximum Gasteiger partial charge on any atom is 0.312 e. The van der Waals surface area contributed by atoms with Crippen LogP contribution in [0.2, 0.25) is 10.0 Å². The van der Waals surface area contributed by atoms with Gasteiger partial charge in [0.1, 0.15) is 4.33 Å². The third-order valence-electron chi connectivity index (χ3n) is 4.35. The van der Waals surface area contributed by atoms with Gasteiger partial charge in [-0.05, 0) is 29.8 Å². The number of aliphatic carboxylic acids is 1. The normalized spacial score (nSPS) is 29.0. The Morgan fingerprint density at radius 1 is 1.15 bits per heavy atom. The number of carboxylic acids is 1. The fourth-order valence-corrected chi connectivity index (χ4v) is 4.33. The van der Waals surface area contributed by atoms with E-state index in [2.05, 4.69) is 5.32 Å². The van der Waals surface area contributed by atoms with Crippen molar-refractivity contribution in [2.75, 3.05) is 0 Å². The SMILES string of the molecule is O=C(O)C1C=C(NC(=O)[C@H]2[C@H](c3ccc(Cl)c(Cl)c3)C2(Cl)Cl)C=CC1Cl. The zero-order valence-corrected chi connectivity index (χ0v) is 16.7. The van der Waals surface area contributed by atoms with Crippen molar-refractivity contribution in [3.63, 3.8) is 0 Å². The van der Waals surface area contributed by atoms with E-state index in [0.717, 1.165) is 0 Å². The first-order valence-corrected chi connectivity index (χ1v) is 9.48. The molecular formula is C17H12Cl5NO3. The molecule has 0 aliphatic heterocycles. The number of carboxylic acid groups (broad SMARTS) is 1. The monoisotopic (exact) mass is 453 g/mol. The highest BCUT2D eigenvalue weighted by Crippen LogP contribution is 2.65. The Bertz CT molecular complexity index is 836. The van der Waals surface area contributed by atoms with Crippen molar-refractivity contribution in [2.45, 2.75) is 15.6 Å². The van der Waals surface area contributed by atoms with Crippen molar-refractivity contribution in [1.82, 2.24) is 5.32 Å². The maximum atomic E-state index is 12.6. The van der Waals surface area contributed by atoms with Crippen molar-refractivity contribution >= 4 is 69.9 Å². The van der Waals surface area contributed by atoms with Gasteiger partial charge in [0.15, 0.2) is 0 Å². The second-order valence-corrected chi connectivity index (χ2v) is 8.84. The molecule has 0 bridgehead atoms. The molecule has 0 aromatic heterocycles. The first kappa shape index (κ1) is 19.8. The van der Waals surface area contributed by atoms with E-state index in [1.165, 1.54) is 12.2 Å². The van der Waals surface area contributed by atoms with Gasteiger partial charge in [-0.25, -0.2) is 0 Å². The number of hydrogen-bond donors (Lipinski definition) is 2. The zero-order valence-electron chi connectivity index (χ0n) is 12.9. The Morgan fingerprint density at radius 2 is 1.85 bits per heavy atom. The zero-order chi connectivity index (χ0) is 19.2. The van der Waals surface area contributed by atoms with Crippen LogP contribution in [0.4, 0.5) is 0 Å². The van der Waals surface area contributed by atoms with Gasteiger partial charge in [-0.15, -0.1) is 34.8 Å². The molecule has 1 saturated carbocycles. The van der Waals surface area contributed by atoms with Crippen LogP contribution in [0.25, 0.3) is 0 Å². The number of hydrogen-bond acceptors (Lipinski definition) is 2. The summed E-state index contributed by atoms with van der Waals surface area (Å²) in [5.41, 5.74) is 1.03. The van der Waals surface area contributed by atoms with E-state index < -0.39 is 39.3 Å². The van der Waals surface area contributed by atoms with Gasteiger partial charge in [-0.3, -0.25) is 9.59 Å². The first-order valence-electron chi connectivity index (χ1n) is 7.53. The largest absolute Gasteiger partial charge is 0.481 e. The molecule has 1 aromatic carbocycles. The third-order valence-corrected chi connectivity index (χ3v) is 6.45. The van der Waals surface area contributed by atoms with Gasteiger partial charge >= 0.3 is 5.97 Å². The van der Waals surface area contributed by atoms with Crippen molar-refractivity contribution < 1.29 is 14.7 Å². The smallest absolute Gasteiger partial charge is 0.312 e. The second-order valence-electron chi connectivity index (χ2n) is 6.08. The molecule has 0 radical (unpaired) electrons. The molecular weight excluding hydrogens is 443 g/mol. The van der Waals surface area contributed by atoms with E-state index in [0.29, 0.717) is 21.3 Å². The lowest BCUT2D eigenvalue weighted by molar-refractivity contribution is -0.140. The molecule has 3 rings (SSSR count). The number of carbonyl (C=O) groups is 2. The molecule has 2 unspecified atom stereocenters. The lowest BCUT2D eigenvalue weighted by atomic mass is 9.98. The molecule has 0 saturated heterocycles. The van der Waals surface area contributed by atoms with Crippen LogP contribution in [0.15, 0.2) is 42.1 Å². The second kappa shape index (κ2) is 7.25. The third kappa shape index (κ3) is 3.71. The molecule has 2 N–H and O–H groups in total. The van der Waals surface area contributed by atoms with Gasteiger partial charge < -0.3 is 10.4 Å². The predicted octanol–water partition coefficient (Wildman–Crippen LogP) is 4.76. The molecule has 0 spiro atoms. The predicted molar refractivity (Wildman–Crippen MR) is 103 cm³/mol. The van der Waals surface area contributed by atoms with E-state index in [1.54, 1.807) is 24.3 Å². The lowest BCUT2D eigenvalue weighted by Gasteiger charge is -2.18. The summed E-state index contributed by atoms with van der Waals surface area (Å²) in [5.74, 6) is -3.60. The van der Waals surface area contributed by atoms with Gasteiger partial charge in [-0.1, -0.05) is 35.3 Å². The summed E-state index contributed by atoms with van der Waals surface area (Å²) >= 11 is 30.4. The van der Waals surface area contributed by atoms with Gasteiger partial charge in [0.25, 0.3) is 0 Å². The van der Waals surface area contributed by atoms with Gasteiger partial charge in [-0.2, -0.15) is 0 Å². The molecule has 9 heteroatoms. The maximum absolute atomic E-state index is 12.6. The molecule has 4 atom stereocenters. The van der Waals surface area contributed by atoms with E-state index in [9.17, 15) is 9.59 Å². The van der Waals surface area contributed by atoms with Crippen molar-refractivity contribution in [2.24, 2.45) is 11.8 Å². The summed E-state index contributed by atoms with van der Waals surface area (Å²) in [6.45, 7) is 0. The molecule has 138 valence electrons. The quantitative estimate of drug-likeness (QED) is 0.644. The fraction of sp³-hybridized carbons (Fsp3) is 0.294. The molecule has 1 amide bonds. The average Bonchev–Trinajstić information content (AvgIpc) is 3.14. The van der Waals surface area contributed by atoms with E-state index in [4.69, 9.17) is 63.1 Å². The van der Waals surface area contributed by atoms with Crippen LogP contribution in [0.5, 0.6) is 0 Å². The first-order chi connectivity index (χ1) is 12.1. The Balaban J connectivity index is 1.76. The van der Waals surface area contributed by atoms with Crippen molar-refractivity contribution in [1.29, 1.82) is 0 Å². The summed E-state index contributed by atoms with van der Waals surface area (Å²) in [6.07, 6.45) is 4.45. The standard InChI is InChI=1S/C17H12Cl5NO3/c18-10-4-2-8(6-9(10)16(25)26)23-15(24)14-13(17(14,21)22)7-1-3-11(19)12(20)5-7/h1-6,9-10,13-14H,(H,23,24)(H,25,26)/t9?,10?,13-,14+/m0/s1. The fourth-order valence-electron chi connectivity index (χ4n) is 2.94. The summed E-state index contributed by atoms with van der Waals surface area (Å²) in [6, 6.07) is 4.95. The van der Waals surface area contributed by atoms with Crippen LogP contribution in [0.3, 0.4) is 0 Å². The van der Waals surface area contributed by atoms with Crippen molar-refractivity contribution in [3.8, 4) is 0 Å². The van der Waals surface area contributed by atoms with Gasteiger partial charge in [0.2, 0.25) is 5.91 Å². The van der Waals surface area contributed by atoms with Crippen LogP contribution in [0, 0.1) is 11.8 Å². The Morgan fingerprint density at radius 3 is 2.46 bits per heavy atom. The van der Waals surface area contributed by atoms with Crippen LogP contribution in [-0.4, -0.2) is 26.7 Å². The summed E-state index contributed by atoms with van der Waals surface area (Å²) < 4.78 is -1.29. The number of amides is 1. The summed E-state index contributed by atoms with van der Waals surface area (Å²) in [4.78, 5) is 23.8. The molecule has 1 fully saturated rings. The Labute approximate surface area is 174 Å². The Hall–Kier alpha value is -0.910. The number of rotatable bonds is 4. The summed E-state index contributed by atoms with van der Waals surface area (Å²) in [7, 11) is 0. The van der Waals surface area contributed by atoms with E-state index in [-0.39, 0.29) is 0 Å². The molecule has 0 heterocycles. The number of allylic oxidation sites excluding steroid dienone is 2. The van der Waals surface area contributed by atoms with E-state index >= 15 is 0 Å². The Kier molecular flexibility index (Phi) is 5.53. The summed E-state index contributed by atoms with van der Waals surface area (Å²) in [5, 5.41) is 11.9. The van der Waals surface area contributed by atoms with Crippen LogP contribution < -0.4 is 5.32 Å². The highest BCUT2D eigenvalue weighted by molar-refractivity contribution is 6.53. The van der Waals surface area contributed by atoms with Gasteiger partial charge in [0, 0.05) is 11.6 Å². The highest BCUT2D eigenvalue weighted by atomic mass is 35.5. The van der Waals surface area contributed by atoms with Crippen molar-refractivity contribution in [3.05, 3.63) is 57.7 Å². The number of benzene rings is 1. The number of nitrogens with one attached hydrogen (secondary N) is 1. The number of halogens is 5. The minimum atomic E-state index is -1.29. The molecule has 1 aromatic rings. The molecule has 2 aliphatic carbocycles. The lowest BCUT2D eigenvalue weighted by Crippen LogP contribution is -2.30. The number of carbonyl (C=O) groups excluding carboxylic acids is 1.